The van der Waals surface area contributed by atoms with Gasteiger partial charge in [0.25, 0.3) is 5.91 Å². The summed E-state index contributed by atoms with van der Waals surface area (Å²) in [7, 11) is 0. The Morgan fingerprint density at radius 3 is 2.43 bits per heavy atom. The molecule has 6 rings (SSSR count). The molecule has 4 atom stereocenters. The molecule has 1 aliphatic carbocycles. The van der Waals surface area contributed by atoms with Crippen molar-refractivity contribution in [3.63, 3.8) is 0 Å². The molecular formula is C35H38FN5O5S. The zero-order valence-electron chi connectivity index (χ0n) is 26.6. The summed E-state index contributed by atoms with van der Waals surface area (Å²) >= 11 is 1.11. The van der Waals surface area contributed by atoms with Gasteiger partial charge in [-0.15, -0.1) is 11.3 Å². The molecule has 2 amide bonds. The van der Waals surface area contributed by atoms with Gasteiger partial charge in [0.2, 0.25) is 0 Å². The lowest BCUT2D eigenvalue weighted by atomic mass is 9.69. The highest BCUT2D eigenvalue weighted by Crippen LogP contribution is 2.50. The van der Waals surface area contributed by atoms with E-state index in [2.05, 4.69) is 5.32 Å². The largest absolute Gasteiger partial charge is 0.457 e. The molecular weight excluding hydrogens is 621 g/mol. The minimum Gasteiger partial charge on any atom is -0.457 e. The lowest BCUT2D eigenvalue weighted by Gasteiger charge is -2.38. The number of piperidine rings is 1. The van der Waals surface area contributed by atoms with Crippen LogP contribution in [0.1, 0.15) is 65.2 Å². The van der Waals surface area contributed by atoms with Crippen molar-refractivity contribution in [3.05, 3.63) is 87.8 Å². The van der Waals surface area contributed by atoms with E-state index in [4.69, 9.17) is 26.7 Å². The van der Waals surface area contributed by atoms with Gasteiger partial charge in [-0.3, -0.25) is 9.59 Å². The molecule has 12 heteroatoms. The molecule has 3 aromatic carbocycles. The Morgan fingerprint density at radius 1 is 1.04 bits per heavy atom. The van der Waals surface area contributed by atoms with Gasteiger partial charge in [-0.1, -0.05) is 30.3 Å². The Morgan fingerprint density at radius 2 is 1.74 bits per heavy atom. The van der Waals surface area contributed by atoms with Crippen molar-refractivity contribution in [2.45, 2.75) is 63.5 Å². The Bertz CT molecular complexity index is 1890. The van der Waals surface area contributed by atoms with Crippen LogP contribution < -0.4 is 27.3 Å². The minimum absolute atomic E-state index is 0.0127. The first-order valence-electron chi connectivity index (χ1n) is 15.4. The summed E-state index contributed by atoms with van der Waals surface area (Å²) in [6.07, 6.45) is -2.01. The van der Waals surface area contributed by atoms with Crippen LogP contribution in [0.15, 0.2) is 60.7 Å². The molecule has 2 heterocycles. The molecule has 0 spiro atoms. The molecule has 4 aromatic rings. The van der Waals surface area contributed by atoms with E-state index in [0.717, 1.165) is 16.9 Å². The van der Waals surface area contributed by atoms with Crippen LogP contribution in [0, 0.1) is 6.92 Å². The fourth-order valence-electron chi connectivity index (χ4n) is 6.46. The number of ketones is 1. The highest BCUT2D eigenvalue weighted by molar-refractivity contribution is 7.21. The number of carbonyl (C=O) groups excluding carboxylic acids is 3. The molecule has 47 heavy (non-hydrogen) atoms. The summed E-state index contributed by atoms with van der Waals surface area (Å²) in [5, 5.41) is 3.42. The third-order valence-corrected chi connectivity index (χ3v) is 9.76. The number of hydrogen-bond acceptors (Lipinski definition) is 9. The van der Waals surface area contributed by atoms with Gasteiger partial charge in [-0.2, -0.15) is 0 Å². The molecule has 2 aliphatic rings. The molecule has 1 aromatic heterocycles. The number of nitrogens with two attached hydrogens (primary N) is 3. The fourth-order valence-corrected chi connectivity index (χ4v) is 7.67. The number of anilines is 1. The summed E-state index contributed by atoms with van der Waals surface area (Å²) in [5.74, 6) is 0.219. The number of nitrogens with one attached hydrogen (secondary N) is 1. The number of thiophene rings is 1. The third-order valence-electron chi connectivity index (χ3n) is 8.51. The van der Waals surface area contributed by atoms with Crippen molar-refractivity contribution in [3.8, 4) is 11.5 Å². The summed E-state index contributed by atoms with van der Waals surface area (Å²) in [6, 6.07) is 16.1. The molecule has 0 bridgehead atoms. The van der Waals surface area contributed by atoms with Crippen LogP contribution in [-0.2, 0) is 15.1 Å². The molecule has 246 valence electrons. The smallest absolute Gasteiger partial charge is 0.410 e. The quantitative estimate of drug-likeness (QED) is 0.206. The summed E-state index contributed by atoms with van der Waals surface area (Å²) < 4.78 is 26.8. The predicted octanol–water partition coefficient (Wildman–Crippen LogP) is 5.45. The lowest BCUT2D eigenvalue weighted by molar-refractivity contribution is -0.124. The average Bonchev–Trinajstić information content (AvgIpc) is 3.41. The van der Waals surface area contributed by atoms with E-state index >= 15 is 0 Å². The van der Waals surface area contributed by atoms with E-state index in [-0.39, 0.29) is 24.4 Å². The number of hydrogen-bond donors (Lipinski definition) is 4. The van der Waals surface area contributed by atoms with Crippen LogP contribution in [0.5, 0.6) is 11.5 Å². The van der Waals surface area contributed by atoms with Gasteiger partial charge in [-0.25, -0.2) is 9.18 Å². The van der Waals surface area contributed by atoms with Crippen LogP contribution in [0.2, 0.25) is 0 Å². The second kappa shape index (κ2) is 11.9. The molecule has 0 saturated carbocycles. The van der Waals surface area contributed by atoms with Crippen LogP contribution in [0.4, 0.5) is 14.9 Å². The molecule has 10 nitrogen and oxygen atoms in total. The van der Waals surface area contributed by atoms with Gasteiger partial charge in [0.05, 0.1) is 22.2 Å². The molecule has 1 fully saturated rings. The van der Waals surface area contributed by atoms with Crippen molar-refractivity contribution < 1.29 is 28.2 Å². The Balaban J connectivity index is 1.35. The number of benzene rings is 3. The Kier molecular flexibility index (Phi) is 8.23. The summed E-state index contributed by atoms with van der Waals surface area (Å²) in [5.41, 5.74) is 20.2. The monoisotopic (exact) mass is 659 g/mol. The number of ether oxygens (including phenoxy) is 2. The van der Waals surface area contributed by atoms with Gasteiger partial charge < -0.3 is 36.9 Å². The third kappa shape index (κ3) is 5.92. The van der Waals surface area contributed by atoms with E-state index in [1.54, 1.807) is 45.0 Å². The molecule has 1 aliphatic heterocycles. The summed E-state index contributed by atoms with van der Waals surface area (Å²) in [4.78, 5) is 42.2. The average molecular weight is 660 g/mol. The first-order valence-corrected chi connectivity index (χ1v) is 16.2. The van der Waals surface area contributed by atoms with Gasteiger partial charge in [0.1, 0.15) is 28.8 Å². The van der Waals surface area contributed by atoms with Gasteiger partial charge in [0.15, 0.2) is 5.78 Å². The first-order chi connectivity index (χ1) is 22.2. The minimum atomic E-state index is -1.64. The normalized spacial score (nSPS) is 22.7. The number of carbonyl (C=O) groups is 3. The standard InChI is InChI=1S/C35H38FN5O5S/c1-18-14-22(45-21-8-6-5-7-9-21)10-11-23(18)35(39)24-12-13-25(37)29-26(24)27(28(38)31(35)42)30(47-29)32(43)40-20-15-19(36)16-41(17-20)33(44)46-34(2,3)4/h5-14,19-20,28H,15-17,37-39H2,1-4H3,(H,40,43)/t19-,20-,28?,35?/m1/s1. The van der Waals surface area contributed by atoms with Crippen molar-refractivity contribution in [1.82, 2.24) is 10.2 Å². The number of aryl methyl sites for hydroxylation is 1. The molecule has 7 N–H and O–H groups in total. The Labute approximate surface area is 276 Å². The second-order valence-corrected chi connectivity index (χ2v) is 14.2. The van der Waals surface area contributed by atoms with Gasteiger partial charge >= 0.3 is 6.09 Å². The SMILES string of the molecule is Cc1cc(Oc2ccccc2)ccc1C1(N)C(=O)C(N)c2c(C(=O)N[C@@H]3C[C@@H](F)CN(C(=O)OC(C)(C)C)C3)sc3c(N)ccc1c23. The highest BCUT2D eigenvalue weighted by atomic mass is 32.1. The van der Waals surface area contributed by atoms with Crippen LogP contribution in [-0.4, -0.2) is 53.6 Å². The first kappa shape index (κ1) is 32.4. The van der Waals surface area contributed by atoms with E-state index < -0.39 is 47.2 Å². The topological polar surface area (TPSA) is 163 Å². The number of likely N-dealkylation sites (tertiary alicyclic amines) is 1. The van der Waals surface area contributed by atoms with E-state index in [0.29, 0.717) is 44.0 Å². The number of amides is 2. The van der Waals surface area contributed by atoms with E-state index in [1.807, 2.05) is 43.3 Å². The number of halogens is 1. The number of para-hydroxylation sites is 1. The summed E-state index contributed by atoms with van der Waals surface area (Å²) in [6.45, 7) is 6.96. The van der Waals surface area contributed by atoms with E-state index in [9.17, 15) is 18.8 Å². The number of alkyl halides is 1. The second-order valence-electron chi connectivity index (χ2n) is 13.2. The van der Waals surface area contributed by atoms with Crippen molar-refractivity contribution in [2.75, 3.05) is 18.8 Å². The molecule has 0 radical (unpaired) electrons. The Hall–Kier alpha value is -4.52. The number of nitrogen functional groups attached to an aromatic ring is 1. The maximum absolute atomic E-state index is 14.8. The van der Waals surface area contributed by atoms with Crippen molar-refractivity contribution in [1.29, 1.82) is 0 Å². The van der Waals surface area contributed by atoms with E-state index in [1.165, 1.54) is 4.90 Å². The number of rotatable bonds is 5. The molecule has 1 saturated heterocycles. The molecule has 2 unspecified atom stereocenters. The van der Waals surface area contributed by atoms with Crippen LogP contribution in [0.3, 0.4) is 0 Å². The van der Waals surface area contributed by atoms with Crippen LogP contribution >= 0.6 is 11.3 Å². The van der Waals surface area contributed by atoms with Gasteiger partial charge in [0, 0.05) is 35.6 Å². The van der Waals surface area contributed by atoms with Gasteiger partial charge in [-0.05, 0) is 74.7 Å². The predicted molar refractivity (Wildman–Crippen MR) is 179 cm³/mol. The maximum atomic E-state index is 14.8. The van der Waals surface area contributed by atoms with Crippen LogP contribution in [0.25, 0.3) is 10.1 Å². The van der Waals surface area contributed by atoms with Crippen molar-refractivity contribution >= 4 is 44.9 Å². The fraction of sp³-hybridized carbons (Fsp3) is 0.343. The number of Topliss-reactive ketones (excluding diaryl/α,β-unsaturated/α-hetero) is 1. The number of nitrogens with zero attached hydrogens (tertiary/aromatic N) is 1. The zero-order chi connectivity index (χ0) is 33.8. The lowest BCUT2D eigenvalue weighted by Crippen LogP contribution is -2.54. The highest BCUT2D eigenvalue weighted by Gasteiger charge is 2.49. The van der Waals surface area contributed by atoms with Crippen molar-refractivity contribution in [2.24, 2.45) is 11.5 Å². The zero-order valence-corrected chi connectivity index (χ0v) is 27.5. The maximum Gasteiger partial charge on any atom is 0.410 e.